The van der Waals surface area contributed by atoms with E-state index < -0.39 is 17.8 Å². The van der Waals surface area contributed by atoms with E-state index in [9.17, 15) is 9.59 Å². The summed E-state index contributed by atoms with van der Waals surface area (Å²) in [4.78, 5) is 22.3. The van der Waals surface area contributed by atoms with Gasteiger partial charge < -0.3 is 16.2 Å². The van der Waals surface area contributed by atoms with Crippen molar-refractivity contribution in [2.75, 3.05) is 5.32 Å². The topological polar surface area (TPSA) is 92.4 Å². The lowest BCUT2D eigenvalue weighted by atomic mass is 10.1. The van der Waals surface area contributed by atoms with Crippen LogP contribution in [0.5, 0.6) is 0 Å². The number of primary amides is 1. The Hall–Kier alpha value is -1.82. The number of hydrogen-bond acceptors (Lipinski definition) is 3. The van der Waals surface area contributed by atoms with Gasteiger partial charge in [0.1, 0.15) is 0 Å². The van der Waals surface area contributed by atoms with Gasteiger partial charge >= 0.3 is 5.97 Å². The van der Waals surface area contributed by atoms with Gasteiger partial charge in [-0.15, -0.1) is 0 Å². The number of benzene rings is 1. The van der Waals surface area contributed by atoms with E-state index in [1.165, 1.54) is 0 Å². The number of nitrogens with two attached hydrogens (primary N) is 1. The fraction of sp³-hybridized carbons (Fsp3) is 0.231. The van der Waals surface area contributed by atoms with Crippen molar-refractivity contribution in [1.29, 1.82) is 0 Å². The number of carbonyl (C=O) groups is 2. The average Bonchev–Trinajstić information content (AvgIpc) is 2.77. The van der Waals surface area contributed by atoms with Crippen LogP contribution in [0.25, 0.3) is 0 Å². The smallest absolute Gasteiger partial charge is 0.310 e. The summed E-state index contributed by atoms with van der Waals surface area (Å²) in [7, 11) is 0. The fourth-order valence-corrected chi connectivity index (χ4v) is 2.65. The van der Waals surface area contributed by atoms with Crippen molar-refractivity contribution >= 4 is 33.5 Å². The predicted molar refractivity (Wildman–Crippen MR) is 75.0 cm³/mol. The summed E-state index contributed by atoms with van der Waals surface area (Å²) in [5.41, 5.74) is 6.31. The zero-order chi connectivity index (χ0) is 14.0. The molecule has 0 spiro atoms. The molecule has 100 valence electrons. The Bertz CT molecular complexity index is 557. The van der Waals surface area contributed by atoms with Crippen LogP contribution in [0.4, 0.5) is 5.69 Å². The van der Waals surface area contributed by atoms with Crippen LogP contribution in [0, 0.1) is 5.92 Å². The lowest BCUT2D eigenvalue weighted by Crippen LogP contribution is -2.22. The Morgan fingerprint density at radius 2 is 2.11 bits per heavy atom. The maximum Gasteiger partial charge on any atom is 0.310 e. The summed E-state index contributed by atoms with van der Waals surface area (Å²) < 4.78 is 0.613. The number of anilines is 1. The van der Waals surface area contributed by atoms with E-state index in [0.717, 1.165) is 0 Å². The molecule has 2 atom stereocenters. The van der Waals surface area contributed by atoms with Crippen molar-refractivity contribution < 1.29 is 14.7 Å². The van der Waals surface area contributed by atoms with Crippen molar-refractivity contribution in [3.05, 3.63) is 40.4 Å². The third-order valence-electron chi connectivity index (χ3n) is 3.00. The quantitative estimate of drug-likeness (QED) is 0.738. The maximum absolute atomic E-state index is 11.4. The van der Waals surface area contributed by atoms with E-state index in [1.54, 1.807) is 30.4 Å². The molecule has 0 saturated carbocycles. The van der Waals surface area contributed by atoms with E-state index in [0.29, 0.717) is 22.1 Å². The zero-order valence-electron chi connectivity index (χ0n) is 9.97. The summed E-state index contributed by atoms with van der Waals surface area (Å²) in [6.07, 6.45) is 3.91. The lowest BCUT2D eigenvalue weighted by molar-refractivity contribution is -0.140. The standard InChI is InChI=1S/C13H13BrN2O3/c14-9-2-1-3-10(11(9)12(15)17)16-8-5-4-7(6-8)13(18)19/h1-5,7-8,16H,6H2,(H2,15,17)(H,18,19). The highest BCUT2D eigenvalue weighted by Gasteiger charge is 2.25. The van der Waals surface area contributed by atoms with Gasteiger partial charge in [-0.3, -0.25) is 9.59 Å². The third-order valence-corrected chi connectivity index (χ3v) is 3.66. The van der Waals surface area contributed by atoms with Gasteiger partial charge in [0.05, 0.1) is 11.5 Å². The van der Waals surface area contributed by atoms with Crippen molar-refractivity contribution in [2.24, 2.45) is 11.7 Å². The molecule has 2 rings (SSSR count). The number of nitrogens with one attached hydrogen (secondary N) is 1. The Balaban J connectivity index is 2.17. The first-order chi connectivity index (χ1) is 8.99. The molecular formula is C13H13BrN2O3. The highest BCUT2D eigenvalue weighted by molar-refractivity contribution is 9.10. The Labute approximate surface area is 118 Å². The molecule has 5 nitrogen and oxygen atoms in total. The molecule has 2 unspecified atom stereocenters. The predicted octanol–water partition coefficient (Wildman–Crippen LogP) is 1.99. The summed E-state index contributed by atoms with van der Waals surface area (Å²) in [5, 5.41) is 12.1. The summed E-state index contributed by atoms with van der Waals surface area (Å²) in [5.74, 6) is -1.86. The largest absolute Gasteiger partial charge is 0.481 e. The molecule has 0 aliphatic heterocycles. The molecule has 0 aromatic heterocycles. The molecule has 0 bridgehead atoms. The number of carboxylic acid groups (broad SMARTS) is 1. The number of aliphatic carboxylic acids is 1. The van der Waals surface area contributed by atoms with Crippen LogP contribution in [0.1, 0.15) is 16.8 Å². The van der Waals surface area contributed by atoms with Crippen LogP contribution in [-0.2, 0) is 4.79 Å². The molecule has 0 fully saturated rings. The molecule has 0 heterocycles. The number of carboxylic acids is 1. The second-order valence-corrected chi connectivity index (χ2v) is 5.20. The minimum absolute atomic E-state index is 0.117. The maximum atomic E-state index is 11.4. The van der Waals surface area contributed by atoms with Crippen LogP contribution < -0.4 is 11.1 Å². The van der Waals surface area contributed by atoms with Gasteiger partial charge in [0.2, 0.25) is 0 Å². The van der Waals surface area contributed by atoms with Crippen molar-refractivity contribution in [3.8, 4) is 0 Å². The lowest BCUT2D eigenvalue weighted by Gasteiger charge is -2.16. The molecule has 1 aliphatic carbocycles. The number of rotatable bonds is 4. The zero-order valence-corrected chi connectivity index (χ0v) is 11.6. The second-order valence-electron chi connectivity index (χ2n) is 4.34. The SMILES string of the molecule is NC(=O)c1c(Br)cccc1NC1C=CC(C(=O)O)C1. The minimum Gasteiger partial charge on any atom is -0.481 e. The summed E-state index contributed by atoms with van der Waals surface area (Å²) in [6.45, 7) is 0. The van der Waals surface area contributed by atoms with E-state index in [2.05, 4.69) is 21.2 Å². The Morgan fingerprint density at radius 1 is 1.37 bits per heavy atom. The van der Waals surface area contributed by atoms with Crippen molar-refractivity contribution in [2.45, 2.75) is 12.5 Å². The van der Waals surface area contributed by atoms with E-state index in [4.69, 9.17) is 10.8 Å². The van der Waals surface area contributed by atoms with Gasteiger partial charge in [-0.2, -0.15) is 0 Å². The van der Waals surface area contributed by atoms with E-state index in [-0.39, 0.29) is 6.04 Å². The van der Waals surface area contributed by atoms with Crippen LogP contribution in [0.2, 0.25) is 0 Å². The highest BCUT2D eigenvalue weighted by atomic mass is 79.9. The number of halogens is 1. The fourth-order valence-electron chi connectivity index (χ4n) is 2.08. The first-order valence-electron chi connectivity index (χ1n) is 5.75. The van der Waals surface area contributed by atoms with Crippen molar-refractivity contribution in [3.63, 3.8) is 0 Å². The molecule has 1 aromatic rings. The minimum atomic E-state index is -0.843. The number of amides is 1. The van der Waals surface area contributed by atoms with E-state index >= 15 is 0 Å². The molecule has 1 amide bonds. The van der Waals surface area contributed by atoms with Gasteiger partial charge in [-0.05, 0) is 34.5 Å². The molecule has 6 heteroatoms. The van der Waals surface area contributed by atoms with Gasteiger partial charge in [-0.25, -0.2) is 0 Å². The van der Waals surface area contributed by atoms with Crippen LogP contribution in [0.3, 0.4) is 0 Å². The Kier molecular flexibility index (Phi) is 3.90. The average molecular weight is 325 g/mol. The highest BCUT2D eigenvalue weighted by Crippen LogP contribution is 2.27. The summed E-state index contributed by atoms with van der Waals surface area (Å²) >= 11 is 3.28. The Morgan fingerprint density at radius 3 is 2.68 bits per heavy atom. The van der Waals surface area contributed by atoms with Crippen LogP contribution in [0.15, 0.2) is 34.8 Å². The number of carbonyl (C=O) groups excluding carboxylic acids is 1. The first-order valence-corrected chi connectivity index (χ1v) is 6.54. The molecule has 1 aliphatic rings. The van der Waals surface area contributed by atoms with E-state index in [1.807, 2.05) is 0 Å². The van der Waals surface area contributed by atoms with Crippen molar-refractivity contribution in [1.82, 2.24) is 0 Å². The molecule has 4 N–H and O–H groups in total. The molecular weight excluding hydrogens is 312 g/mol. The molecule has 19 heavy (non-hydrogen) atoms. The molecule has 1 aromatic carbocycles. The van der Waals surface area contributed by atoms with Gasteiger partial charge in [0.25, 0.3) is 5.91 Å². The second kappa shape index (κ2) is 5.44. The normalized spacial score (nSPS) is 21.3. The van der Waals surface area contributed by atoms with Crippen LogP contribution in [-0.4, -0.2) is 23.0 Å². The van der Waals surface area contributed by atoms with Crippen LogP contribution >= 0.6 is 15.9 Å². The monoisotopic (exact) mass is 324 g/mol. The van der Waals surface area contributed by atoms with Gasteiger partial charge in [-0.1, -0.05) is 18.2 Å². The number of hydrogen-bond donors (Lipinski definition) is 3. The van der Waals surface area contributed by atoms with Gasteiger partial charge in [0.15, 0.2) is 0 Å². The van der Waals surface area contributed by atoms with Gasteiger partial charge in [0, 0.05) is 16.2 Å². The third kappa shape index (κ3) is 2.96. The molecule has 0 saturated heterocycles. The molecule has 0 radical (unpaired) electrons. The summed E-state index contributed by atoms with van der Waals surface area (Å²) in [6, 6.07) is 5.14. The first kappa shape index (κ1) is 13.6.